The second-order valence-corrected chi connectivity index (χ2v) is 5.27. The summed E-state index contributed by atoms with van der Waals surface area (Å²) in [5, 5.41) is 0.881. The first-order valence-corrected chi connectivity index (χ1v) is 7.49. The maximum atomic E-state index is 6.57. The van der Waals surface area contributed by atoms with Crippen LogP contribution in [-0.2, 0) is 9.47 Å². The van der Waals surface area contributed by atoms with E-state index < -0.39 is 0 Å². The molecular formula is C14H24Cl2N2O2. The molecule has 116 valence electrons. The highest BCUT2D eigenvalue weighted by atomic mass is 35.5. The molecule has 0 amide bonds. The van der Waals surface area contributed by atoms with Crippen molar-refractivity contribution in [3.63, 3.8) is 0 Å². The zero-order valence-corrected chi connectivity index (χ0v) is 13.8. The third kappa shape index (κ3) is 4.35. The summed E-state index contributed by atoms with van der Waals surface area (Å²) in [6, 6.07) is 0. The summed E-state index contributed by atoms with van der Waals surface area (Å²) in [6.45, 7) is 11.2. The second-order valence-electron chi connectivity index (χ2n) is 4.91. The first-order chi connectivity index (χ1) is 9.24. The highest BCUT2D eigenvalue weighted by Gasteiger charge is 2.23. The first-order valence-electron chi connectivity index (χ1n) is 7.12. The molecular weight excluding hydrogens is 299 g/mol. The van der Waals surface area contributed by atoms with E-state index in [1.165, 1.54) is 11.3 Å². The third-order valence-corrected chi connectivity index (χ3v) is 4.28. The van der Waals surface area contributed by atoms with E-state index in [0.29, 0.717) is 0 Å². The lowest BCUT2D eigenvalue weighted by Gasteiger charge is -2.31. The van der Waals surface area contributed by atoms with Gasteiger partial charge in [0.25, 0.3) is 5.17 Å². The van der Waals surface area contributed by atoms with E-state index in [4.69, 9.17) is 21.1 Å². The van der Waals surface area contributed by atoms with E-state index in [9.17, 15) is 0 Å². The molecule has 0 radical (unpaired) electrons. The Morgan fingerprint density at radius 2 is 1.65 bits per heavy atom. The van der Waals surface area contributed by atoms with Crippen LogP contribution in [0, 0.1) is 0 Å². The van der Waals surface area contributed by atoms with Gasteiger partial charge in [0.2, 0.25) is 0 Å². The van der Waals surface area contributed by atoms with Gasteiger partial charge in [-0.2, -0.15) is 0 Å². The number of morpholine rings is 2. The minimum atomic E-state index is 0. The number of allylic oxidation sites excluding steroid dienone is 2. The van der Waals surface area contributed by atoms with Gasteiger partial charge in [-0.05, 0) is 24.9 Å². The normalized spacial score (nSPS) is 21.1. The Kier molecular flexibility index (Phi) is 7.88. The van der Waals surface area contributed by atoms with Gasteiger partial charge in [0, 0.05) is 18.8 Å². The lowest BCUT2D eigenvalue weighted by molar-refractivity contribution is -0.546. The lowest BCUT2D eigenvalue weighted by atomic mass is 10.1. The molecule has 20 heavy (non-hydrogen) atoms. The van der Waals surface area contributed by atoms with Gasteiger partial charge >= 0.3 is 0 Å². The smallest absolute Gasteiger partial charge is 0.274 e. The number of nitrogens with zero attached hydrogens (tertiary/aromatic N) is 2. The molecule has 2 fully saturated rings. The van der Waals surface area contributed by atoms with Crippen LogP contribution in [0.25, 0.3) is 0 Å². The molecule has 0 saturated carbocycles. The monoisotopic (exact) mass is 322 g/mol. The van der Waals surface area contributed by atoms with Crippen LogP contribution < -0.4 is 12.4 Å². The average Bonchev–Trinajstić information content (AvgIpc) is 2.49. The summed E-state index contributed by atoms with van der Waals surface area (Å²) in [4.78, 5) is 2.40. The van der Waals surface area contributed by atoms with Crippen LogP contribution in [0.4, 0.5) is 0 Å². The molecule has 0 aliphatic carbocycles. The van der Waals surface area contributed by atoms with Gasteiger partial charge in [-0.15, -0.1) is 0 Å². The third-order valence-electron chi connectivity index (χ3n) is 3.76. The molecule has 2 rings (SSSR count). The predicted molar refractivity (Wildman–Crippen MR) is 77.1 cm³/mol. The van der Waals surface area contributed by atoms with Crippen molar-refractivity contribution in [2.75, 3.05) is 52.6 Å². The average molecular weight is 323 g/mol. The topological polar surface area (TPSA) is 24.7 Å². The van der Waals surface area contributed by atoms with Crippen LogP contribution in [0.3, 0.4) is 0 Å². The van der Waals surface area contributed by atoms with Crippen molar-refractivity contribution in [2.45, 2.75) is 20.3 Å². The van der Waals surface area contributed by atoms with Crippen molar-refractivity contribution in [1.29, 1.82) is 0 Å². The quantitative estimate of drug-likeness (QED) is 0.603. The Morgan fingerprint density at radius 1 is 1.10 bits per heavy atom. The number of rotatable bonds is 3. The second kappa shape index (κ2) is 8.88. The molecule has 0 bridgehead atoms. The molecule has 0 atom stereocenters. The van der Waals surface area contributed by atoms with Crippen molar-refractivity contribution in [3.8, 4) is 0 Å². The van der Waals surface area contributed by atoms with E-state index in [1.54, 1.807) is 0 Å². The van der Waals surface area contributed by atoms with E-state index >= 15 is 0 Å². The number of ether oxygens (including phenoxy) is 2. The molecule has 2 aliphatic rings. The molecule has 0 aromatic carbocycles. The molecule has 2 saturated heterocycles. The number of hydrogen-bond donors (Lipinski definition) is 0. The Bertz CT molecular complexity index is 369. The van der Waals surface area contributed by atoms with E-state index in [2.05, 4.69) is 23.3 Å². The van der Waals surface area contributed by atoms with Crippen LogP contribution in [0.15, 0.2) is 11.3 Å². The minimum Gasteiger partial charge on any atom is -1.00 e. The summed E-state index contributed by atoms with van der Waals surface area (Å²) in [7, 11) is 0. The maximum absolute atomic E-state index is 6.57. The van der Waals surface area contributed by atoms with Crippen LogP contribution >= 0.6 is 11.6 Å². The zero-order chi connectivity index (χ0) is 13.7. The molecule has 2 heterocycles. The standard InChI is InChI=1S/C14H24ClN2O2.ClH/c1-3-13(16-4-8-18-9-5-16)12(2)14(15)17-6-10-19-11-7-17;/h3-11H2,1-2H3;1H/q+1;/p-1. The fraction of sp³-hybridized carbons (Fsp3) is 0.786. The van der Waals surface area contributed by atoms with Crippen LogP contribution in [-0.4, -0.2) is 67.3 Å². The van der Waals surface area contributed by atoms with Crippen LogP contribution in [0.5, 0.6) is 0 Å². The van der Waals surface area contributed by atoms with Gasteiger partial charge in [-0.25, -0.2) is 4.58 Å². The zero-order valence-electron chi connectivity index (χ0n) is 12.3. The summed E-state index contributed by atoms with van der Waals surface area (Å²) in [6.07, 6.45) is 1.01. The highest BCUT2D eigenvalue weighted by molar-refractivity contribution is 6.68. The minimum absolute atomic E-state index is 0. The molecule has 6 heteroatoms. The van der Waals surface area contributed by atoms with Gasteiger partial charge in [0.1, 0.15) is 13.2 Å². The van der Waals surface area contributed by atoms with Crippen molar-refractivity contribution < 1.29 is 26.5 Å². The largest absolute Gasteiger partial charge is 1.00 e. The van der Waals surface area contributed by atoms with Gasteiger partial charge in [0.15, 0.2) is 13.1 Å². The molecule has 0 N–H and O–H groups in total. The Balaban J connectivity index is 0.00000200. The summed E-state index contributed by atoms with van der Waals surface area (Å²) in [5.41, 5.74) is 2.55. The summed E-state index contributed by atoms with van der Waals surface area (Å²) >= 11 is 6.57. The van der Waals surface area contributed by atoms with Gasteiger partial charge in [0.05, 0.1) is 18.8 Å². The van der Waals surface area contributed by atoms with Crippen molar-refractivity contribution in [1.82, 2.24) is 4.90 Å². The van der Waals surface area contributed by atoms with E-state index in [1.807, 2.05) is 0 Å². The lowest BCUT2D eigenvalue weighted by Crippen LogP contribution is -3.00. The fourth-order valence-corrected chi connectivity index (χ4v) is 2.95. The Hall–Kier alpha value is -0.290. The van der Waals surface area contributed by atoms with Gasteiger partial charge < -0.3 is 26.8 Å². The number of hydrogen-bond acceptors (Lipinski definition) is 3. The first kappa shape index (κ1) is 17.8. The summed E-state index contributed by atoms with van der Waals surface area (Å²) in [5.74, 6) is 0. The molecule has 2 aliphatic heterocycles. The van der Waals surface area contributed by atoms with Crippen molar-refractivity contribution >= 4 is 16.8 Å². The summed E-state index contributed by atoms with van der Waals surface area (Å²) < 4.78 is 13.0. The van der Waals surface area contributed by atoms with E-state index in [0.717, 1.165) is 64.2 Å². The predicted octanol–water partition coefficient (Wildman–Crippen LogP) is -1.31. The number of halogens is 2. The Labute approximate surface area is 132 Å². The molecule has 0 unspecified atom stereocenters. The molecule has 0 aromatic heterocycles. The van der Waals surface area contributed by atoms with Crippen LogP contribution in [0.1, 0.15) is 20.3 Å². The van der Waals surface area contributed by atoms with Crippen molar-refractivity contribution in [3.05, 3.63) is 11.3 Å². The van der Waals surface area contributed by atoms with Crippen molar-refractivity contribution in [2.24, 2.45) is 0 Å². The molecule has 4 nitrogen and oxygen atoms in total. The van der Waals surface area contributed by atoms with Crippen LogP contribution in [0.2, 0.25) is 0 Å². The van der Waals surface area contributed by atoms with Gasteiger partial charge in [-0.1, -0.05) is 6.92 Å². The highest BCUT2D eigenvalue weighted by Crippen LogP contribution is 2.19. The SMILES string of the molecule is CC/C(=C(\C)C(Cl)=[N+]1CCOCC1)N1CCOCC1.[Cl-]. The maximum Gasteiger partial charge on any atom is 0.274 e. The fourth-order valence-electron chi connectivity index (χ4n) is 2.68. The molecule has 0 spiro atoms. The van der Waals surface area contributed by atoms with Gasteiger partial charge in [-0.3, -0.25) is 0 Å². The Morgan fingerprint density at radius 3 is 2.20 bits per heavy atom. The van der Waals surface area contributed by atoms with E-state index in [-0.39, 0.29) is 12.4 Å². The molecule has 0 aromatic rings.